The first kappa shape index (κ1) is 15.8. The third-order valence-corrected chi connectivity index (χ3v) is 3.13. The Bertz CT molecular complexity index is 628. The van der Waals surface area contributed by atoms with Gasteiger partial charge in [-0.25, -0.2) is 0 Å². The second-order valence-electron chi connectivity index (χ2n) is 4.73. The van der Waals surface area contributed by atoms with Gasteiger partial charge in [0.25, 0.3) is 0 Å². The average Bonchev–Trinajstić information content (AvgIpc) is 2.54. The van der Waals surface area contributed by atoms with Crippen molar-refractivity contribution in [2.24, 2.45) is 0 Å². The van der Waals surface area contributed by atoms with Crippen LogP contribution in [0.5, 0.6) is 23.0 Å². The van der Waals surface area contributed by atoms with E-state index in [2.05, 4.69) is 0 Å². The minimum Gasteiger partial charge on any atom is -0.493 e. The first-order valence-electron chi connectivity index (χ1n) is 6.98. The molecule has 0 saturated heterocycles. The molecule has 0 amide bonds. The van der Waals surface area contributed by atoms with Gasteiger partial charge in [-0.3, -0.25) is 0 Å². The SMILES string of the molecule is COc1cccc(OCCOc2cc(C)ccc2N)c1OC. The summed E-state index contributed by atoms with van der Waals surface area (Å²) >= 11 is 0. The van der Waals surface area contributed by atoms with Crippen LogP contribution in [0.3, 0.4) is 0 Å². The molecule has 2 rings (SSSR count). The van der Waals surface area contributed by atoms with Crippen LogP contribution in [0, 0.1) is 6.92 Å². The van der Waals surface area contributed by atoms with E-state index in [4.69, 9.17) is 24.7 Å². The van der Waals surface area contributed by atoms with Gasteiger partial charge in [-0.05, 0) is 36.8 Å². The first-order chi connectivity index (χ1) is 10.7. The molecule has 0 heterocycles. The predicted molar refractivity (Wildman–Crippen MR) is 86.1 cm³/mol. The van der Waals surface area contributed by atoms with Gasteiger partial charge in [-0.1, -0.05) is 12.1 Å². The fourth-order valence-electron chi connectivity index (χ4n) is 2.04. The summed E-state index contributed by atoms with van der Waals surface area (Å²) in [5.74, 6) is 2.48. The van der Waals surface area contributed by atoms with Crippen molar-refractivity contribution in [1.29, 1.82) is 0 Å². The molecule has 2 N–H and O–H groups in total. The quantitative estimate of drug-likeness (QED) is 0.629. The molecule has 0 unspecified atom stereocenters. The lowest BCUT2D eigenvalue weighted by molar-refractivity contribution is 0.210. The van der Waals surface area contributed by atoms with Crippen molar-refractivity contribution in [3.63, 3.8) is 0 Å². The number of nitrogens with two attached hydrogens (primary N) is 1. The molecule has 0 saturated carbocycles. The van der Waals surface area contributed by atoms with Gasteiger partial charge in [0.1, 0.15) is 19.0 Å². The molecule has 2 aromatic carbocycles. The summed E-state index contributed by atoms with van der Waals surface area (Å²) in [6.45, 7) is 2.74. The van der Waals surface area contributed by atoms with E-state index in [1.54, 1.807) is 14.2 Å². The zero-order valence-electron chi connectivity index (χ0n) is 13.1. The minimum absolute atomic E-state index is 0.372. The lowest BCUT2D eigenvalue weighted by Gasteiger charge is -2.14. The molecule has 0 spiro atoms. The lowest BCUT2D eigenvalue weighted by atomic mass is 10.2. The van der Waals surface area contributed by atoms with Crippen molar-refractivity contribution in [2.45, 2.75) is 6.92 Å². The van der Waals surface area contributed by atoms with Crippen LogP contribution in [0.2, 0.25) is 0 Å². The van der Waals surface area contributed by atoms with E-state index in [0.717, 1.165) is 5.56 Å². The number of hydrogen-bond acceptors (Lipinski definition) is 5. The Kier molecular flexibility index (Phi) is 5.36. The number of nitrogen functional groups attached to an aromatic ring is 1. The van der Waals surface area contributed by atoms with Crippen LogP contribution in [-0.4, -0.2) is 27.4 Å². The van der Waals surface area contributed by atoms with Gasteiger partial charge in [-0.2, -0.15) is 0 Å². The third kappa shape index (κ3) is 3.75. The number of anilines is 1. The van der Waals surface area contributed by atoms with Crippen molar-refractivity contribution in [3.05, 3.63) is 42.0 Å². The number of ether oxygens (including phenoxy) is 4. The van der Waals surface area contributed by atoms with Crippen molar-refractivity contribution in [1.82, 2.24) is 0 Å². The highest BCUT2D eigenvalue weighted by Crippen LogP contribution is 2.36. The van der Waals surface area contributed by atoms with Crippen LogP contribution in [-0.2, 0) is 0 Å². The van der Waals surface area contributed by atoms with E-state index in [1.165, 1.54) is 0 Å². The van der Waals surface area contributed by atoms with E-state index in [0.29, 0.717) is 41.9 Å². The second kappa shape index (κ2) is 7.45. The number of methoxy groups -OCH3 is 2. The van der Waals surface area contributed by atoms with E-state index < -0.39 is 0 Å². The van der Waals surface area contributed by atoms with E-state index >= 15 is 0 Å². The Hall–Kier alpha value is -2.56. The second-order valence-corrected chi connectivity index (χ2v) is 4.73. The molecular formula is C17H21NO4. The Morgan fingerprint density at radius 1 is 0.864 bits per heavy atom. The molecule has 0 fully saturated rings. The van der Waals surface area contributed by atoms with E-state index in [1.807, 2.05) is 43.3 Å². The maximum atomic E-state index is 5.86. The molecule has 0 aromatic heterocycles. The van der Waals surface area contributed by atoms with Crippen LogP contribution in [0.15, 0.2) is 36.4 Å². The summed E-state index contributed by atoms with van der Waals surface area (Å²) < 4.78 is 21.9. The number of rotatable bonds is 7. The molecule has 5 nitrogen and oxygen atoms in total. The molecule has 118 valence electrons. The third-order valence-electron chi connectivity index (χ3n) is 3.13. The number of para-hydroxylation sites is 1. The number of aryl methyl sites for hydroxylation is 1. The summed E-state index contributed by atoms with van der Waals surface area (Å²) in [6, 6.07) is 11.2. The molecule has 0 aliphatic rings. The van der Waals surface area contributed by atoms with Crippen molar-refractivity contribution >= 4 is 5.69 Å². The maximum Gasteiger partial charge on any atom is 0.203 e. The molecule has 22 heavy (non-hydrogen) atoms. The highest BCUT2D eigenvalue weighted by Gasteiger charge is 2.10. The predicted octanol–water partition coefficient (Wildman–Crippen LogP) is 3.05. The Morgan fingerprint density at radius 2 is 1.55 bits per heavy atom. The van der Waals surface area contributed by atoms with Gasteiger partial charge < -0.3 is 24.7 Å². The molecule has 0 atom stereocenters. The van der Waals surface area contributed by atoms with Gasteiger partial charge >= 0.3 is 0 Å². The summed E-state index contributed by atoms with van der Waals surface area (Å²) in [5.41, 5.74) is 7.58. The molecular weight excluding hydrogens is 282 g/mol. The number of hydrogen-bond donors (Lipinski definition) is 1. The minimum atomic E-state index is 0.372. The highest BCUT2D eigenvalue weighted by atomic mass is 16.5. The summed E-state index contributed by atoms with van der Waals surface area (Å²) in [5, 5.41) is 0. The Morgan fingerprint density at radius 3 is 2.23 bits per heavy atom. The van der Waals surface area contributed by atoms with Gasteiger partial charge in [0.15, 0.2) is 11.5 Å². The van der Waals surface area contributed by atoms with Crippen LogP contribution in [0.25, 0.3) is 0 Å². The normalized spacial score (nSPS) is 10.1. The lowest BCUT2D eigenvalue weighted by Crippen LogP contribution is -2.10. The summed E-state index contributed by atoms with van der Waals surface area (Å²) in [4.78, 5) is 0. The first-order valence-corrected chi connectivity index (χ1v) is 6.98. The molecule has 0 bridgehead atoms. The molecule has 0 aliphatic carbocycles. The van der Waals surface area contributed by atoms with Gasteiger partial charge in [-0.15, -0.1) is 0 Å². The maximum absolute atomic E-state index is 5.86. The van der Waals surface area contributed by atoms with Crippen molar-refractivity contribution in [2.75, 3.05) is 33.2 Å². The smallest absolute Gasteiger partial charge is 0.203 e. The van der Waals surface area contributed by atoms with Crippen LogP contribution < -0.4 is 24.7 Å². The van der Waals surface area contributed by atoms with E-state index in [-0.39, 0.29) is 0 Å². The topological polar surface area (TPSA) is 62.9 Å². The van der Waals surface area contributed by atoms with Crippen molar-refractivity contribution in [3.8, 4) is 23.0 Å². The fraction of sp³-hybridized carbons (Fsp3) is 0.294. The van der Waals surface area contributed by atoms with Crippen molar-refractivity contribution < 1.29 is 18.9 Å². The molecule has 2 aromatic rings. The van der Waals surface area contributed by atoms with E-state index in [9.17, 15) is 0 Å². The fourth-order valence-corrected chi connectivity index (χ4v) is 2.04. The summed E-state index contributed by atoms with van der Waals surface area (Å²) in [6.07, 6.45) is 0. The summed E-state index contributed by atoms with van der Waals surface area (Å²) in [7, 11) is 3.17. The average molecular weight is 303 g/mol. The standard InChI is InChI=1S/C17H21NO4/c1-12-7-8-13(18)16(11-12)22-10-9-21-15-6-4-5-14(19-2)17(15)20-3/h4-8,11H,9-10,18H2,1-3H3. The van der Waals surface area contributed by atoms with Gasteiger partial charge in [0.05, 0.1) is 19.9 Å². The zero-order chi connectivity index (χ0) is 15.9. The highest BCUT2D eigenvalue weighted by molar-refractivity contribution is 5.53. The van der Waals surface area contributed by atoms with Crippen LogP contribution >= 0.6 is 0 Å². The molecule has 5 heteroatoms. The Labute approximate surface area is 130 Å². The van der Waals surface area contributed by atoms with Crippen LogP contribution in [0.4, 0.5) is 5.69 Å². The molecule has 0 radical (unpaired) electrons. The van der Waals surface area contributed by atoms with Gasteiger partial charge in [0.2, 0.25) is 5.75 Å². The zero-order valence-corrected chi connectivity index (χ0v) is 13.1. The Balaban J connectivity index is 1.93. The largest absolute Gasteiger partial charge is 0.493 e. The van der Waals surface area contributed by atoms with Gasteiger partial charge in [0, 0.05) is 0 Å². The monoisotopic (exact) mass is 303 g/mol. The molecule has 0 aliphatic heterocycles. The number of benzene rings is 2. The van der Waals surface area contributed by atoms with Crippen LogP contribution in [0.1, 0.15) is 5.56 Å².